The fourth-order valence-corrected chi connectivity index (χ4v) is 1.87. The SMILES string of the molecule is OCCCCCNC1(O)CCCC1. The summed E-state index contributed by atoms with van der Waals surface area (Å²) in [7, 11) is 0. The third kappa shape index (κ3) is 4.07. The lowest BCUT2D eigenvalue weighted by Crippen LogP contribution is -2.42. The van der Waals surface area contributed by atoms with Crippen LogP contribution in [-0.4, -0.2) is 29.1 Å². The molecule has 0 spiro atoms. The summed E-state index contributed by atoms with van der Waals surface area (Å²) < 4.78 is 0. The van der Waals surface area contributed by atoms with Crippen molar-refractivity contribution in [3.63, 3.8) is 0 Å². The first-order chi connectivity index (χ1) is 6.27. The van der Waals surface area contributed by atoms with Crippen molar-refractivity contribution in [3.05, 3.63) is 0 Å². The van der Waals surface area contributed by atoms with E-state index in [-0.39, 0.29) is 6.61 Å². The molecule has 0 aromatic rings. The van der Waals surface area contributed by atoms with Gasteiger partial charge in [-0.15, -0.1) is 0 Å². The Labute approximate surface area is 80.2 Å². The van der Waals surface area contributed by atoms with Crippen LogP contribution in [0.3, 0.4) is 0 Å². The van der Waals surface area contributed by atoms with Crippen molar-refractivity contribution in [3.8, 4) is 0 Å². The van der Waals surface area contributed by atoms with Gasteiger partial charge in [-0.1, -0.05) is 0 Å². The zero-order valence-corrected chi connectivity index (χ0v) is 8.26. The standard InChI is InChI=1S/C10H21NO2/c12-9-5-1-4-8-11-10(13)6-2-3-7-10/h11-13H,1-9H2. The first kappa shape index (κ1) is 11.0. The van der Waals surface area contributed by atoms with E-state index in [2.05, 4.69) is 5.32 Å². The van der Waals surface area contributed by atoms with Crippen molar-refractivity contribution >= 4 is 0 Å². The molecule has 0 saturated heterocycles. The topological polar surface area (TPSA) is 52.5 Å². The number of rotatable bonds is 6. The molecule has 3 N–H and O–H groups in total. The minimum Gasteiger partial charge on any atom is -0.396 e. The number of nitrogens with one attached hydrogen (secondary N) is 1. The summed E-state index contributed by atoms with van der Waals surface area (Å²) >= 11 is 0. The Morgan fingerprint density at radius 1 is 1.08 bits per heavy atom. The Hall–Kier alpha value is -0.120. The maximum atomic E-state index is 9.89. The van der Waals surface area contributed by atoms with Gasteiger partial charge >= 0.3 is 0 Å². The molecule has 0 aromatic carbocycles. The largest absolute Gasteiger partial charge is 0.396 e. The minimum absolute atomic E-state index is 0.282. The first-order valence-corrected chi connectivity index (χ1v) is 5.35. The Morgan fingerprint density at radius 3 is 2.38 bits per heavy atom. The molecule has 1 aliphatic rings. The van der Waals surface area contributed by atoms with Crippen molar-refractivity contribution in [2.75, 3.05) is 13.2 Å². The van der Waals surface area contributed by atoms with Crippen LogP contribution in [-0.2, 0) is 0 Å². The van der Waals surface area contributed by atoms with Gasteiger partial charge in [-0.05, 0) is 51.5 Å². The highest BCUT2D eigenvalue weighted by atomic mass is 16.3. The Bertz CT molecular complexity index is 133. The van der Waals surface area contributed by atoms with Crippen molar-refractivity contribution in [1.82, 2.24) is 5.32 Å². The number of aliphatic hydroxyl groups is 2. The van der Waals surface area contributed by atoms with Crippen LogP contribution < -0.4 is 5.32 Å². The van der Waals surface area contributed by atoms with Crippen molar-refractivity contribution in [2.24, 2.45) is 0 Å². The van der Waals surface area contributed by atoms with Crippen LogP contribution in [0.15, 0.2) is 0 Å². The molecule has 0 atom stereocenters. The van der Waals surface area contributed by atoms with Gasteiger partial charge in [-0.2, -0.15) is 0 Å². The third-order valence-electron chi connectivity index (χ3n) is 2.72. The average molecular weight is 187 g/mol. The number of unbranched alkanes of at least 4 members (excludes halogenated alkanes) is 2. The van der Waals surface area contributed by atoms with Crippen LogP contribution in [0, 0.1) is 0 Å². The molecule has 3 heteroatoms. The fraction of sp³-hybridized carbons (Fsp3) is 1.00. The molecule has 0 aliphatic heterocycles. The minimum atomic E-state index is -0.570. The van der Waals surface area contributed by atoms with E-state index in [4.69, 9.17) is 5.11 Å². The van der Waals surface area contributed by atoms with Gasteiger partial charge < -0.3 is 10.2 Å². The van der Waals surface area contributed by atoms with E-state index in [0.717, 1.165) is 51.5 Å². The van der Waals surface area contributed by atoms with Gasteiger partial charge in [0.1, 0.15) is 5.72 Å². The van der Waals surface area contributed by atoms with Gasteiger partial charge in [0.05, 0.1) is 0 Å². The molecule has 78 valence electrons. The van der Waals surface area contributed by atoms with E-state index < -0.39 is 5.72 Å². The zero-order valence-electron chi connectivity index (χ0n) is 8.26. The normalized spacial score (nSPS) is 20.8. The Morgan fingerprint density at radius 2 is 1.77 bits per heavy atom. The van der Waals surface area contributed by atoms with E-state index in [9.17, 15) is 5.11 Å². The summed E-state index contributed by atoms with van der Waals surface area (Å²) in [5, 5.41) is 21.6. The quantitative estimate of drug-likeness (QED) is 0.429. The van der Waals surface area contributed by atoms with Crippen molar-refractivity contribution in [1.29, 1.82) is 0 Å². The highest BCUT2D eigenvalue weighted by Crippen LogP contribution is 2.26. The average Bonchev–Trinajstić information content (AvgIpc) is 2.53. The lowest BCUT2D eigenvalue weighted by Gasteiger charge is -2.23. The maximum absolute atomic E-state index is 9.89. The number of aliphatic hydroxyl groups excluding tert-OH is 1. The second-order valence-electron chi connectivity index (χ2n) is 3.95. The fourth-order valence-electron chi connectivity index (χ4n) is 1.87. The predicted octanol–water partition coefficient (Wildman–Crippen LogP) is 1.00. The first-order valence-electron chi connectivity index (χ1n) is 5.35. The highest BCUT2D eigenvalue weighted by Gasteiger charge is 2.29. The van der Waals surface area contributed by atoms with E-state index in [1.165, 1.54) is 0 Å². The van der Waals surface area contributed by atoms with Crippen LogP contribution in [0.1, 0.15) is 44.9 Å². The summed E-state index contributed by atoms with van der Waals surface area (Å²) in [4.78, 5) is 0. The number of hydrogen-bond acceptors (Lipinski definition) is 3. The Balaban J connectivity index is 1.98. The zero-order chi connectivity index (χ0) is 9.57. The molecule has 1 fully saturated rings. The van der Waals surface area contributed by atoms with E-state index >= 15 is 0 Å². The van der Waals surface area contributed by atoms with Crippen LogP contribution in [0.5, 0.6) is 0 Å². The Kier molecular flexibility index (Phi) is 4.70. The smallest absolute Gasteiger partial charge is 0.116 e. The number of hydrogen-bond donors (Lipinski definition) is 3. The highest BCUT2D eigenvalue weighted by molar-refractivity contribution is 4.81. The summed E-state index contributed by atoms with van der Waals surface area (Å²) in [6.45, 7) is 1.15. The summed E-state index contributed by atoms with van der Waals surface area (Å²) in [5.41, 5.74) is -0.570. The van der Waals surface area contributed by atoms with E-state index in [1.54, 1.807) is 0 Å². The van der Waals surface area contributed by atoms with Crippen LogP contribution >= 0.6 is 0 Å². The maximum Gasteiger partial charge on any atom is 0.116 e. The molecule has 0 radical (unpaired) electrons. The lowest BCUT2D eigenvalue weighted by atomic mass is 10.1. The molecule has 1 saturated carbocycles. The summed E-state index contributed by atoms with van der Waals surface area (Å²) in [6.07, 6.45) is 7.03. The van der Waals surface area contributed by atoms with Gasteiger partial charge in [0.2, 0.25) is 0 Å². The van der Waals surface area contributed by atoms with Crippen LogP contribution in [0.25, 0.3) is 0 Å². The van der Waals surface area contributed by atoms with Crippen molar-refractivity contribution < 1.29 is 10.2 Å². The molecule has 13 heavy (non-hydrogen) atoms. The molecule has 0 amide bonds. The lowest BCUT2D eigenvalue weighted by molar-refractivity contribution is 0.0122. The van der Waals surface area contributed by atoms with E-state index in [1.807, 2.05) is 0 Å². The van der Waals surface area contributed by atoms with Crippen molar-refractivity contribution in [2.45, 2.75) is 50.7 Å². The van der Waals surface area contributed by atoms with Gasteiger partial charge in [-0.3, -0.25) is 5.32 Å². The predicted molar refractivity (Wildman–Crippen MR) is 52.4 cm³/mol. The monoisotopic (exact) mass is 187 g/mol. The molecule has 3 nitrogen and oxygen atoms in total. The summed E-state index contributed by atoms with van der Waals surface area (Å²) in [5.74, 6) is 0. The molecular formula is C10H21NO2. The van der Waals surface area contributed by atoms with Gasteiger partial charge in [0.15, 0.2) is 0 Å². The van der Waals surface area contributed by atoms with E-state index in [0.29, 0.717) is 0 Å². The van der Waals surface area contributed by atoms with Gasteiger partial charge in [0, 0.05) is 6.61 Å². The second kappa shape index (κ2) is 5.58. The van der Waals surface area contributed by atoms with Gasteiger partial charge in [0.25, 0.3) is 0 Å². The molecule has 0 aromatic heterocycles. The van der Waals surface area contributed by atoms with Crippen LogP contribution in [0.4, 0.5) is 0 Å². The molecule has 0 unspecified atom stereocenters. The molecular weight excluding hydrogens is 166 g/mol. The van der Waals surface area contributed by atoms with Gasteiger partial charge in [-0.25, -0.2) is 0 Å². The second-order valence-corrected chi connectivity index (χ2v) is 3.95. The molecule has 0 heterocycles. The summed E-state index contributed by atoms with van der Waals surface area (Å²) in [6, 6.07) is 0. The van der Waals surface area contributed by atoms with Crippen LogP contribution in [0.2, 0.25) is 0 Å². The third-order valence-corrected chi connectivity index (χ3v) is 2.72. The molecule has 1 aliphatic carbocycles. The molecule has 1 rings (SSSR count). The molecule has 0 bridgehead atoms.